The van der Waals surface area contributed by atoms with Gasteiger partial charge in [-0.05, 0) is 115 Å². The molecule has 0 saturated carbocycles. The van der Waals surface area contributed by atoms with Gasteiger partial charge in [0.2, 0.25) is 0 Å². The predicted octanol–water partition coefficient (Wildman–Crippen LogP) is 15.7. The van der Waals surface area contributed by atoms with Gasteiger partial charge < -0.3 is 19.6 Å². The van der Waals surface area contributed by atoms with E-state index in [9.17, 15) is 0 Å². The number of nitrogens with zero attached hydrogens (tertiary/aromatic N) is 4. The van der Waals surface area contributed by atoms with E-state index in [1.54, 1.807) is 0 Å². The van der Waals surface area contributed by atoms with Crippen molar-refractivity contribution in [2.24, 2.45) is 0 Å². The van der Waals surface area contributed by atoms with Gasteiger partial charge >= 0.3 is 0 Å². The van der Waals surface area contributed by atoms with E-state index in [-0.39, 0.29) is 12.0 Å². The average molecular weight is 813 g/mol. The molecule has 0 saturated heterocycles. The molecule has 0 radical (unpaired) electrons. The van der Waals surface area contributed by atoms with Gasteiger partial charge in [0.15, 0.2) is 0 Å². The van der Waals surface area contributed by atoms with Gasteiger partial charge in [0.1, 0.15) is 0 Å². The third-order valence-electron chi connectivity index (χ3n) is 12.8. The quantitative estimate of drug-likeness (QED) is 0.152. The number of anilines is 9. The van der Waals surface area contributed by atoms with Crippen LogP contribution in [0, 0.1) is 0 Å². The molecule has 2 unspecified atom stereocenters. The maximum Gasteiger partial charge on any atom is 0.0629 e. The Hall–Kier alpha value is -7.82. The van der Waals surface area contributed by atoms with Crippen LogP contribution in [0.25, 0.3) is 16.3 Å². The molecule has 4 heteroatoms. The zero-order valence-corrected chi connectivity index (χ0v) is 35.2. The second kappa shape index (κ2) is 16.6. The molecule has 0 aromatic heterocycles. The van der Waals surface area contributed by atoms with Gasteiger partial charge in [-0.25, -0.2) is 0 Å². The summed E-state index contributed by atoms with van der Waals surface area (Å²) in [7, 11) is 0. The van der Waals surface area contributed by atoms with E-state index in [2.05, 4.69) is 257 Å². The van der Waals surface area contributed by atoms with Crippen LogP contribution in [0.1, 0.15) is 29.9 Å². The summed E-state index contributed by atoms with van der Waals surface area (Å²) in [5.74, 6) is 0.238. The zero-order chi connectivity index (χ0) is 42.1. The Kier molecular flexibility index (Phi) is 10.0. The average Bonchev–Trinajstić information content (AvgIpc) is 3.71. The molecule has 0 spiro atoms. The van der Waals surface area contributed by atoms with Crippen LogP contribution in [0.2, 0.25) is 0 Å². The summed E-state index contributed by atoms with van der Waals surface area (Å²) in [6.45, 7) is 5.40. The first kappa shape index (κ1) is 38.1. The first-order chi connectivity index (χ1) is 31.2. The molecule has 63 heavy (non-hydrogen) atoms. The fourth-order valence-electron chi connectivity index (χ4n) is 9.88. The molecule has 2 aliphatic carbocycles. The minimum Gasteiger partial charge on any atom is -0.341 e. The molecule has 2 aliphatic heterocycles. The van der Waals surface area contributed by atoms with E-state index in [1.807, 2.05) is 0 Å². The Bertz CT molecular complexity index is 3030. The Morgan fingerprint density at radius 1 is 0.524 bits per heavy atom. The van der Waals surface area contributed by atoms with Crippen LogP contribution in [-0.2, 0) is 0 Å². The van der Waals surface area contributed by atoms with Crippen LogP contribution in [0.15, 0.2) is 243 Å². The SMILES string of the molecule is C=C1/C=C\C=C/CN(C2=CC=CCC2)c2ccc(N(c3ccccc3)c3cccc4c(N(c5ccccc5)c5ccc6c(c5)C5C=CC=CC5N6c5ccccc5)cccc34)cc21. The lowest BCUT2D eigenvalue weighted by atomic mass is 9.91. The summed E-state index contributed by atoms with van der Waals surface area (Å²) in [5.41, 5.74) is 15.0. The van der Waals surface area contributed by atoms with Gasteiger partial charge in [0.05, 0.1) is 17.4 Å². The first-order valence-electron chi connectivity index (χ1n) is 22.1. The summed E-state index contributed by atoms with van der Waals surface area (Å²) >= 11 is 0. The van der Waals surface area contributed by atoms with Crippen LogP contribution < -0.4 is 19.6 Å². The monoisotopic (exact) mass is 812 g/mol. The van der Waals surface area contributed by atoms with Gasteiger partial charge in [-0.1, -0.05) is 146 Å². The number of fused-ring (bicyclic) bond motifs is 5. The van der Waals surface area contributed by atoms with Crippen molar-refractivity contribution < 1.29 is 0 Å². The second-order valence-electron chi connectivity index (χ2n) is 16.5. The lowest BCUT2D eigenvalue weighted by Gasteiger charge is -2.32. The molecule has 11 rings (SSSR count). The molecular weight excluding hydrogens is 765 g/mol. The van der Waals surface area contributed by atoms with Crippen LogP contribution >= 0.6 is 0 Å². The minimum absolute atomic E-state index is 0.216. The summed E-state index contributed by atoms with van der Waals surface area (Å²) in [5, 5.41) is 2.32. The van der Waals surface area contributed by atoms with E-state index in [0.717, 1.165) is 75.4 Å². The summed E-state index contributed by atoms with van der Waals surface area (Å²) in [4.78, 5) is 9.79. The molecule has 304 valence electrons. The molecule has 7 aromatic rings. The zero-order valence-electron chi connectivity index (χ0n) is 35.2. The smallest absolute Gasteiger partial charge is 0.0629 e. The van der Waals surface area contributed by atoms with Crippen LogP contribution in [0.3, 0.4) is 0 Å². The van der Waals surface area contributed by atoms with Crippen LogP contribution in [0.5, 0.6) is 0 Å². The third-order valence-corrected chi connectivity index (χ3v) is 12.8. The third kappa shape index (κ3) is 7.00. The molecule has 0 amide bonds. The normalized spacial score (nSPS) is 18.4. The van der Waals surface area contributed by atoms with E-state index in [4.69, 9.17) is 0 Å². The number of hydrogen-bond acceptors (Lipinski definition) is 4. The fourth-order valence-corrected chi connectivity index (χ4v) is 9.88. The van der Waals surface area contributed by atoms with E-state index < -0.39 is 0 Å². The molecular formula is C59H48N4. The van der Waals surface area contributed by atoms with Crippen molar-refractivity contribution in [3.8, 4) is 0 Å². The maximum absolute atomic E-state index is 4.61. The molecule has 2 atom stereocenters. The van der Waals surface area contributed by atoms with Gasteiger partial charge in [-0.3, -0.25) is 0 Å². The summed E-state index contributed by atoms with van der Waals surface area (Å²) in [6.07, 6.45) is 26.4. The predicted molar refractivity (Wildman–Crippen MR) is 268 cm³/mol. The van der Waals surface area contributed by atoms with Crippen molar-refractivity contribution in [3.05, 3.63) is 254 Å². The van der Waals surface area contributed by atoms with Crippen molar-refractivity contribution in [3.63, 3.8) is 0 Å². The maximum atomic E-state index is 4.61. The topological polar surface area (TPSA) is 13.0 Å². The van der Waals surface area contributed by atoms with E-state index in [0.29, 0.717) is 0 Å². The van der Waals surface area contributed by atoms with Crippen molar-refractivity contribution >= 4 is 67.5 Å². The van der Waals surface area contributed by atoms with Crippen LogP contribution in [-0.4, -0.2) is 12.6 Å². The van der Waals surface area contributed by atoms with Crippen molar-refractivity contribution in [2.45, 2.75) is 24.8 Å². The van der Waals surface area contributed by atoms with Crippen molar-refractivity contribution in [1.82, 2.24) is 0 Å². The molecule has 7 aromatic carbocycles. The molecule has 2 heterocycles. The Morgan fingerprint density at radius 2 is 1.16 bits per heavy atom. The number of hydrogen-bond donors (Lipinski definition) is 0. The van der Waals surface area contributed by atoms with Gasteiger partial charge in [-0.2, -0.15) is 0 Å². The van der Waals surface area contributed by atoms with Crippen molar-refractivity contribution in [2.75, 3.05) is 26.1 Å². The Labute approximate surface area is 371 Å². The van der Waals surface area contributed by atoms with E-state index in [1.165, 1.54) is 28.3 Å². The fraction of sp³-hybridized carbons (Fsp3) is 0.0847. The highest BCUT2D eigenvalue weighted by Gasteiger charge is 2.38. The van der Waals surface area contributed by atoms with E-state index >= 15 is 0 Å². The molecule has 0 fully saturated rings. The number of rotatable bonds is 8. The van der Waals surface area contributed by atoms with Gasteiger partial charge in [0, 0.05) is 74.3 Å². The largest absolute Gasteiger partial charge is 0.341 e. The second-order valence-corrected chi connectivity index (χ2v) is 16.5. The highest BCUT2D eigenvalue weighted by Crippen LogP contribution is 2.51. The number of allylic oxidation sites excluding steroid dienone is 10. The highest BCUT2D eigenvalue weighted by atomic mass is 15.2. The minimum atomic E-state index is 0.216. The number of para-hydroxylation sites is 3. The summed E-state index contributed by atoms with van der Waals surface area (Å²) in [6, 6.07) is 60.0. The summed E-state index contributed by atoms with van der Waals surface area (Å²) < 4.78 is 0. The Morgan fingerprint density at radius 3 is 1.83 bits per heavy atom. The molecule has 0 N–H and O–H groups in total. The first-order valence-corrected chi connectivity index (χ1v) is 22.1. The molecule has 4 nitrogen and oxygen atoms in total. The van der Waals surface area contributed by atoms with Gasteiger partial charge in [0.25, 0.3) is 0 Å². The highest BCUT2D eigenvalue weighted by molar-refractivity contribution is 6.07. The standard InChI is InChI=1S/C59H48N4/c1-43-21-7-6-18-40-60(44-22-8-2-9-23-44)55-38-36-48(41-53(43)55)61(45-24-10-3-11-25-45)56-34-19-32-51-50(56)31-20-35-57(51)62(46-26-12-4-13-27-46)49-37-39-59-54(42-49)52-30-16-17-33-58(52)63(59)47-28-14-5-15-29-47/h2-8,10-22,24-39,41-42,52,58H,1,9,23,40H2/b18-6-,21-7-. The number of benzene rings is 7. The molecule has 4 aliphatic rings. The lowest BCUT2D eigenvalue weighted by Crippen LogP contribution is -2.28. The lowest BCUT2D eigenvalue weighted by molar-refractivity contribution is 0.745. The Balaban J connectivity index is 1.07. The van der Waals surface area contributed by atoms with Crippen LogP contribution in [0.4, 0.5) is 51.2 Å². The van der Waals surface area contributed by atoms with Crippen molar-refractivity contribution in [1.29, 1.82) is 0 Å². The molecule has 0 bridgehead atoms. The van der Waals surface area contributed by atoms with Gasteiger partial charge in [-0.15, -0.1) is 0 Å².